The standard InChI is InChI=1S/C18H14N4O2S/c1-22-17(24)14-7-6-13(8-15(14)21-18(22)25)16(23)20-10-12-4-2-11(9-19)3-5-12/h2-8H,10H2,1H3,(H,20,23)(H,21,25). The van der Waals surface area contributed by atoms with Crippen molar-refractivity contribution in [2.45, 2.75) is 6.54 Å². The lowest BCUT2D eigenvalue weighted by Gasteiger charge is -2.07. The normalized spacial score (nSPS) is 10.4. The molecule has 2 aromatic carbocycles. The minimum absolute atomic E-state index is 0.205. The number of nitrogens with zero attached hydrogens (tertiary/aromatic N) is 2. The maximum atomic E-state index is 12.3. The number of nitrogens with one attached hydrogen (secondary N) is 2. The molecule has 1 amide bonds. The molecule has 0 saturated carbocycles. The fourth-order valence-corrected chi connectivity index (χ4v) is 2.62. The molecular formula is C18H14N4O2S. The topological polar surface area (TPSA) is 90.7 Å². The fraction of sp³-hybridized carbons (Fsp3) is 0.111. The first-order valence-electron chi connectivity index (χ1n) is 7.50. The number of carbonyl (C=O) groups excluding carboxylic acids is 1. The minimum Gasteiger partial charge on any atom is -0.348 e. The Morgan fingerprint density at radius 3 is 2.68 bits per heavy atom. The fourth-order valence-electron chi connectivity index (χ4n) is 2.43. The monoisotopic (exact) mass is 350 g/mol. The van der Waals surface area contributed by atoms with Gasteiger partial charge in [-0.1, -0.05) is 12.1 Å². The van der Waals surface area contributed by atoms with Gasteiger partial charge in [-0.05, 0) is 48.1 Å². The quantitative estimate of drug-likeness (QED) is 0.710. The summed E-state index contributed by atoms with van der Waals surface area (Å²) >= 11 is 5.10. The largest absolute Gasteiger partial charge is 0.348 e. The maximum Gasteiger partial charge on any atom is 0.261 e. The van der Waals surface area contributed by atoms with Gasteiger partial charge >= 0.3 is 0 Å². The van der Waals surface area contributed by atoms with E-state index in [0.717, 1.165) is 5.56 Å². The average molecular weight is 350 g/mol. The lowest BCUT2D eigenvalue weighted by molar-refractivity contribution is 0.0951. The number of benzene rings is 2. The molecular weight excluding hydrogens is 336 g/mol. The molecule has 3 aromatic rings. The van der Waals surface area contributed by atoms with Crippen LogP contribution in [0.5, 0.6) is 0 Å². The van der Waals surface area contributed by atoms with Gasteiger partial charge in [0.1, 0.15) is 0 Å². The zero-order valence-corrected chi connectivity index (χ0v) is 14.2. The highest BCUT2D eigenvalue weighted by Crippen LogP contribution is 2.11. The molecule has 0 atom stereocenters. The van der Waals surface area contributed by atoms with Crippen molar-refractivity contribution >= 4 is 29.0 Å². The Balaban J connectivity index is 1.82. The molecule has 6 nitrogen and oxygen atoms in total. The van der Waals surface area contributed by atoms with Crippen LogP contribution in [0.1, 0.15) is 21.5 Å². The third-order valence-electron chi connectivity index (χ3n) is 3.90. The Morgan fingerprint density at radius 1 is 1.28 bits per heavy atom. The van der Waals surface area contributed by atoms with Gasteiger partial charge in [0.05, 0.1) is 22.5 Å². The number of fused-ring (bicyclic) bond motifs is 1. The highest BCUT2D eigenvalue weighted by Gasteiger charge is 2.09. The smallest absolute Gasteiger partial charge is 0.261 e. The van der Waals surface area contributed by atoms with Gasteiger partial charge in [-0.25, -0.2) is 0 Å². The summed E-state index contributed by atoms with van der Waals surface area (Å²) in [6, 6.07) is 13.9. The number of aromatic amines is 1. The predicted octanol–water partition coefficient (Wildman–Crippen LogP) is 2.40. The van der Waals surface area contributed by atoms with E-state index in [1.54, 1.807) is 49.5 Å². The van der Waals surface area contributed by atoms with Crippen LogP contribution in [0.4, 0.5) is 0 Å². The van der Waals surface area contributed by atoms with Gasteiger partial charge in [0.2, 0.25) is 0 Å². The molecule has 0 fully saturated rings. The van der Waals surface area contributed by atoms with Gasteiger partial charge < -0.3 is 10.3 Å². The Kier molecular flexibility index (Phi) is 4.46. The summed E-state index contributed by atoms with van der Waals surface area (Å²) in [5.74, 6) is -0.258. The zero-order valence-electron chi connectivity index (χ0n) is 13.4. The third kappa shape index (κ3) is 3.34. The second-order valence-electron chi connectivity index (χ2n) is 5.55. The number of hydrogen-bond acceptors (Lipinski definition) is 4. The van der Waals surface area contributed by atoms with Crippen LogP contribution in [0.25, 0.3) is 10.9 Å². The van der Waals surface area contributed by atoms with Crippen LogP contribution in [0.2, 0.25) is 0 Å². The summed E-state index contributed by atoms with van der Waals surface area (Å²) < 4.78 is 1.65. The highest BCUT2D eigenvalue weighted by molar-refractivity contribution is 7.71. The first kappa shape index (κ1) is 16.6. The van der Waals surface area contributed by atoms with E-state index in [2.05, 4.69) is 10.3 Å². The molecule has 3 rings (SSSR count). The van der Waals surface area contributed by atoms with Crippen molar-refractivity contribution in [1.82, 2.24) is 14.9 Å². The number of nitriles is 1. The molecule has 0 bridgehead atoms. The van der Waals surface area contributed by atoms with E-state index in [0.29, 0.717) is 33.3 Å². The Morgan fingerprint density at radius 2 is 2.00 bits per heavy atom. The van der Waals surface area contributed by atoms with Crippen LogP contribution in [-0.2, 0) is 13.6 Å². The molecule has 25 heavy (non-hydrogen) atoms. The molecule has 2 N–H and O–H groups in total. The van der Waals surface area contributed by atoms with Crippen LogP contribution in [-0.4, -0.2) is 15.5 Å². The highest BCUT2D eigenvalue weighted by atomic mass is 32.1. The molecule has 1 heterocycles. The van der Waals surface area contributed by atoms with Gasteiger partial charge in [0.25, 0.3) is 11.5 Å². The molecule has 124 valence electrons. The van der Waals surface area contributed by atoms with Crippen molar-refractivity contribution in [2.75, 3.05) is 0 Å². The van der Waals surface area contributed by atoms with E-state index in [-0.39, 0.29) is 11.5 Å². The van der Waals surface area contributed by atoms with Crippen LogP contribution < -0.4 is 10.9 Å². The molecule has 7 heteroatoms. The van der Waals surface area contributed by atoms with Gasteiger partial charge in [0, 0.05) is 19.2 Å². The summed E-state index contributed by atoms with van der Waals surface area (Å²) in [4.78, 5) is 27.4. The van der Waals surface area contributed by atoms with Crippen LogP contribution in [0, 0.1) is 16.1 Å². The van der Waals surface area contributed by atoms with E-state index >= 15 is 0 Å². The molecule has 1 aromatic heterocycles. The Labute approximate surface area is 148 Å². The average Bonchev–Trinajstić information content (AvgIpc) is 2.64. The van der Waals surface area contributed by atoms with Gasteiger partial charge in [-0.3, -0.25) is 14.2 Å². The van der Waals surface area contributed by atoms with Crippen molar-refractivity contribution in [2.24, 2.45) is 7.05 Å². The summed E-state index contributed by atoms with van der Waals surface area (Å²) in [6.45, 7) is 0.342. The summed E-state index contributed by atoms with van der Waals surface area (Å²) in [7, 11) is 1.60. The van der Waals surface area contributed by atoms with E-state index in [4.69, 9.17) is 17.5 Å². The molecule has 0 unspecified atom stereocenters. The van der Waals surface area contributed by atoms with Crippen molar-refractivity contribution in [3.8, 4) is 6.07 Å². The van der Waals surface area contributed by atoms with Crippen LogP contribution in [0.3, 0.4) is 0 Å². The van der Waals surface area contributed by atoms with Crippen molar-refractivity contribution in [1.29, 1.82) is 5.26 Å². The van der Waals surface area contributed by atoms with Crippen LogP contribution >= 0.6 is 12.2 Å². The maximum absolute atomic E-state index is 12.3. The van der Waals surface area contributed by atoms with E-state index in [9.17, 15) is 9.59 Å². The molecule has 0 saturated heterocycles. The molecule has 0 aliphatic heterocycles. The summed E-state index contributed by atoms with van der Waals surface area (Å²) in [5.41, 5.74) is 2.21. The number of aromatic nitrogens is 2. The number of amides is 1. The lowest BCUT2D eigenvalue weighted by Crippen LogP contribution is -2.23. The third-order valence-corrected chi connectivity index (χ3v) is 4.28. The predicted molar refractivity (Wildman–Crippen MR) is 96.7 cm³/mol. The van der Waals surface area contributed by atoms with Crippen molar-refractivity contribution in [3.05, 3.63) is 74.3 Å². The van der Waals surface area contributed by atoms with Gasteiger partial charge in [0.15, 0.2) is 4.77 Å². The van der Waals surface area contributed by atoms with E-state index in [1.165, 1.54) is 4.57 Å². The first-order valence-corrected chi connectivity index (χ1v) is 7.91. The molecule has 0 spiro atoms. The van der Waals surface area contributed by atoms with Crippen molar-refractivity contribution < 1.29 is 4.79 Å². The molecule has 0 radical (unpaired) electrons. The summed E-state index contributed by atoms with van der Waals surface area (Å²) in [5, 5.41) is 12.1. The van der Waals surface area contributed by atoms with Gasteiger partial charge in [-0.2, -0.15) is 5.26 Å². The minimum atomic E-state index is -0.258. The zero-order chi connectivity index (χ0) is 18.0. The molecule has 0 aliphatic rings. The van der Waals surface area contributed by atoms with Crippen molar-refractivity contribution in [3.63, 3.8) is 0 Å². The number of hydrogen-bond donors (Lipinski definition) is 2. The van der Waals surface area contributed by atoms with E-state index < -0.39 is 0 Å². The Hall–Kier alpha value is -3.24. The second-order valence-corrected chi connectivity index (χ2v) is 5.93. The Bertz CT molecular complexity index is 1120. The first-order chi connectivity index (χ1) is 12.0. The SMILES string of the molecule is Cn1c(=S)[nH]c2cc(C(=O)NCc3ccc(C#N)cc3)ccc2c1=O. The molecule has 0 aliphatic carbocycles. The summed E-state index contributed by atoms with van der Waals surface area (Å²) in [6.07, 6.45) is 0. The number of H-pyrrole nitrogens is 1. The van der Waals surface area contributed by atoms with E-state index in [1.807, 2.05) is 6.07 Å². The number of rotatable bonds is 3. The van der Waals surface area contributed by atoms with Crippen LogP contribution in [0.15, 0.2) is 47.3 Å². The van der Waals surface area contributed by atoms with Gasteiger partial charge in [-0.15, -0.1) is 0 Å². The second kappa shape index (κ2) is 6.71. The lowest BCUT2D eigenvalue weighted by atomic mass is 10.1. The number of carbonyl (C=O) groups is 1.